The third kappa shape index (κ3) is 1.91. The summed E-state index contributed by atoms with van der Waals surface area (Å²) in [4.78, 5) is 4.59. The molecule has 20 heavy (non-hydrogen) atoms. The third-order valence-corrected chi connectivity index (χ3v) is 4.97. The predicted molar refractivity (Wildman–Crippen MR) is 81.5 cm³/mol. The predicted octanol–water partition coefficient (Wildman–Crippen LogP) is 2.88. The summed E-state index contributed by atoms with van der Waals surface area (Å²) in [6, 6.07) is 0. The third-order valence-electron chi connectivity index (χ3n) is 4.97. The number of aromatic nitrogens is 4. The fourth-order valence-corrected chi connectivity index (χ4v) is 3.46. The summed E-state index contributed by atoms with van der Waals surface area (Å²) in [6.45, 7) is 5.44. The molecule has 0 amide bonds. The first-order valence-corrected chi connectivity index (χ1v) is 7.78. The van der Waals surface area contributed by atoms with E-state index in [1.807, 2.05) is 11.7 Å². The lowest BCUT2D eigenvalue weighted by atomic mass is 9.67. The molecule has 0 bridgehead atoms. The van der Waals surface area contributed by atoms with Gasteiger partial charge in [-0.3, -0.25) is 9.25 Å². The van der Waals surface area contributed by atoms with E-state index in [-0.39, 0.29) is 0 Å². The van der Waals surface area contributed by atoms with Crippen molar-refractivity contribution >= 4 is 17.1 Å². The number of hydrogen-bond donors (Lipinski definition) is 1. The second-order valence-electron chi connectivity index (χ2n) is 6.26. The molecule has 0 unspecified atom stereocenters. The van der Waals surface area contributed by atoms with Gasteiger partial charge in [0.2, 0.25) is 5.95 Å². The van der Waals surface area contributed by atoms with Crippen LogP contribution in [-0.4, -0.2) is 19.3 Å². The van der Waals surface area contributed by atoms with Crippen LogP contribution in [0.25, 0.3) is 11.2 Å². The maximum atomic E-state index is 6.18. The standard InChI is InChI=1S/C15H25N5/c1-4-7-11-12-13(19(3)18-11)20(14(16)17-12)10-15(5-2)8-6-9-15/h4-10H2,1-3H3,(H2,16,17). The van der Waals surface area contributed by atoms with E-state index in [1.165, 1.54) is 25.7 Å². The molecule has 3 rings (SSSR count). The molecule has 1 aliphatic carbocycles. The monoisotopic (exact) mass is 275 g/mol. The minimum absolute atomic E-state index is 0.428. The number of nitrogen functional groups attached to an aromatic ring is 1. The topological polar surface area (TPSA) is 61.7 Å². The van der Waals surface area contributed by atoms with Crippen LogP contribution in [0.5, 0.6) is 0 Å². The number of anilines is 1. The van der Waals surface area contributed by atoms with Gasteiger partial charge in [0, 0.05) is 13.6 Å². The van der Waals surface area contributed by atoms with Crippen LogP contribution in [-0.2, 0) is 20.0 Å². The Bertz CT molecular complexity index is 612. The first-order chi connectivity index (χ1) is 9.60. The van der Waals surface area contributed by atoms with E-state index in [2.05, 4.69) is 28.5 Å². The van der Waals surface area contributed by atoms with E-state index in [0.717, 1.165) is 36.2 Å². The van der Waals surface area contributed by atoms with Gasteiger partial charge < -0.3 is 5.73 Å². The van der Waals surface area contributed by atoms with Gasteiger partial charge >= 0.3 is 0 Å². The first-order valence-electron chi connectivity index (χ1n) is 7.78. The maximum absolute atomic E-state index is 6.18. The van der Waals surface area contributed by atoms with Gasteiger partial charge in [-0.25, -0.2) is 4.98 Å². The molecule has 0 aromatic carbocycles. The summed E-state index contributed by atoms with van der Waals surface area (Å²) in [6.07, 6.45) is 7.22. The van der Waals surface area contributed by atoms with Crippen molar-refractivity contribution in [3.05, 3.63) is 5.69 Å². The Morgan fingerprint density at radius 3 is 2.60 bits per heavy atom. The lowest BCUT2D eigenvalue weighted by Gasteiger charge is -2.41. The Hall–Kier alpha value is -1.52. The van der Waals surface area contributed by atoms with Crippen LogP contribution in [0.1, 0.15) is 51.6 Å². The quantitative estimate of drug-likeness (QED) is 0.912. The molecule has 0 saturated heterocycles. The summed E-state index contributed by atoms with van der Waals surface area (Å²) < 4.78 is 4.13. The number of fused-ring (bicyclic) bond motifs is 1. The fraction of sp³-hybridized carbons (Fsp3) is 0.733. The van der Waals surface area contributed by atoms with Crippen molar-refractivity contribution in [1.29, 1.82) is 0 Å². The molecule has 5 heteroatoms. The number of aryl methyl sites for hydroxylation is 2. The molecule has 0 radical (unpaired) electrons. The number of nitrogens with two attached hydrogens (primary N) is 1. The average Bonchev–Trinajstić information content (AvgIpc) is 2.84. The van der Waals surface area contributed by atoms with Crippen LogP contribution in [0.3, 0.4) is 0 Å². The molecule has 2 aromatic rings. The smallest absolute Gasteiger partial charge is 0.202 e. The van der Waals surface area contributed by atoms with Gasteiger partial charge in [0.05, 0.1) is 5.69 Å². The van der Waals surface area contributed by atoms with Gasteiger partial charge in [-0.05, 0) is 31.1 Å². The van der Waals surface area contributed by atoms with Crippen molar-refractivity contribution in [3.8, 4) is 0 Å². The second kappa shape index (κ2) is 4.79. The highest BCUT2D eigenvalue weighted by molar-refractivity contribution is 5.77. The molecule has 0 aliphatic heterocycles. The lowest BCUT2D eigenvalue weighted by Crippen LogP contribution is -2.34. The summed E-state index contributed by atoms with van der Waals surface area (Å²) in [5.41, 5.74) is 9.78. The first kappa shape index (κ1) is 13.5. The molecular weight excluding hydrogens is 250 g/mol. The molecule has 1 aliphatic rings. The van der Waals surface area contributed by atoms with Crippen LogP contribution < -0.4 is 5.73 Å². The van der Waals surface area contributed by atoms with Crippen molar-refractivity contribution in [2.75, 3.05) is 5.73 Å². The zero-order chi connectivity index (χ0) is 14.3. The van der Waals surface area contributed by atoms with E-state index in [0.29, 0.717) is 11.4 Å². The zero-order valence-electron chi connectivity index (χ0n) is 12.8. The second-order valence-corrected chi connectivity index (χ2v) is 6.26. The maximum Gasteiger partial charge on any atom is 0.202 e. The minimum atomic E-state index is 0.428. The number of hydrogen-bond acceptors (Lipinski definition) is 3. The Balaban J connectivity index is 2.04. The number of rotatable bonds is 5. The molecule has 2 N–H and O–H groups in total. The Morgan fingerprint density at radius 1 is 1.30 bits per heavy atom. The van der Waals surface area contributed by atoms with Crippen LogP contribution in [0.15, 0.2) is 0 Å². The molecule has 5 nitrogen and oxygen atoms in total. The van der Waals surface area contributed by atoms with Gasteiger partial charge in [-0.2, -0.15) is 5.10 Å². The number of nitrogens with zero attached hydrogens (tertiary/aromatic N) is 4. The Kier molecular flexibility index (Phi) is 3.22. The van der Waals surface area contributed by atoms with Crippen LogP contribution in [0.2, 0.25) is 0 Å². The van der Waals surface area contributed by atoms with Crippen molar-refractivity contribution < 1.29 is 0 Å². The average molecular weight is 275 g/mol. The van der Waals surface area contributed by atoms with Crippen molar-refractivity contribution in [2.24, 2.45) is 12.5 Å². The van der Waals surface area contributed by atoms with Gasteiger partial charge in [0.1, 0.15) is 5.52 Å². The highest BCUT2D eigenvalue weighted by Crippen LogP contribution is 2.46. The van der Waals surface area contributed by atoms with Gasteiger partial charge in [-0.15, -0.1) is 0 Å². The lowest BCUT2D eigenvalue weighted by molar-refractivity contribution is 0.102. The largest absolute Gasteiger partial charge is 0.369 e. The normalized spacial score (nSPS) is 17.6. The van der Waals surface area contributed by atoms with E-state index in [9.17, 15) is 0 Å². The van der Waals surface area contributed by atoms with Crippen LogP contribution >= 0.6 is 0 Å². The van der Waals surface area contributed by atoms with Crippen LogP contribution in [0, 0.1) is 5.41 Å². The van der Waals surface area contributed by atoms with Crippen molar-refractivity contribution in [3.63, 3.8) is 0 Å². The highest BCUT2D eigenvalue weighted by atomic mass is 15.3. The molecule has 1 saturated carbocycles. The van der Waals surface area contributed by atoms with E-state index in [1.54, 1.807) is 0 Å². The van der Waals surface area contributed by atoms with Gasteiger partial charge in [0.15, 0.2) is 5.65 Å². The molecule has 2 heterocycles. The van der Waals surface area contributed by atoms with Gasteiger partial charge in [-0.1, -0.05) is 26.7 Å². The molecular formula is C15H25N5. The Morgan fingerprint density at radius 2 is 2.05 bits per heavy atom. The molecule has 1 fully saturated rings. The highest BCUT2D eigenvalue weighted by Gasteiger charge is 2.36. The summed E-state index contributed by atoms with van der Waals surface area (Å²) >= 11 is 0. The zero-order valence-corrected chi connectivity index (χ0v) is 12.8. The Labute approximate surface area is 120 Å². The molecule has 0 atom stereocenters. The van der Waals surface area contributed by atoms with Crippen molar-refractivity contribution in [2.45, 2.75) is 58.9 Å². The van der Waals surface area contributed by atoms with Crippen LogP contribution in [0.4, 0.5) is 5.95 Å². The SMILES string of the molecule is CCCc1nn(C)c2c1nc(N)n2CC1(CC)CCC1. The van der Waals surface area contributed by atoms with Crippen molar-refractivity contribution in [1.82, 2.24) is 19.3 Å². The summed E-state index contributed by atoms with van der Waals surface area (Å²) in [7, 11) is 2.00. The molecule has 110 valence electrons. The molecule has 2 aromatic heterocycles. The minimum Gasteiger partial charge on any atom is -0.369 e. The summed E-state index contributed by atoms with van der Waals surface area (Å²) in [5, 5.41) is 4.62. The molecule has 0 spiro atoms. The van der Waals surface area contributed by atoms with Gasteiger partial charge in [0.25, 0.3) is 0 Å². The van der Waals surface area contributed by atoms with E-state index in [4.69, 9.17) is 5.73 Å². The van der Waals surface area contributed by atoms with E-state index < -0.39 is 0 Å². The van der Waals surface area contributed by atoms with E-state index >= 15 is 0 Å². The summed E-state index contributed by atoms with van der Waals surface area (Å²) in [5.74, 6) is 0.644. The fourth-order valence-electron chi connectivity index (χ4n) is 3.46. The number of imidazole rings is 1.